The molecule has 0 fully saturated rings. The molecule has 0 aliphatic carbocycles. The van der Waals surface area contributed by atoms with Crippen LogP contribution in [0.4, 0.5) is 0 Å². The first kappa shape index (κ1) is 15.0. The monoisotopic (exact) mass is 289 g/mol. The minimum Gasteiger partial charge on any atom is -0.392 e. The lowest BCUT2D eigenvalue weighted by Crippen LogP contribution is -2.19. The molecule has 1 heterocycles. The van der Waals surface area contributed by atoms with Crippen LogP contribution in [-0.4, -0.2) is 14.5 Å². The summed E-state index contributed by atoms with van der Waals surface area (Å²) in [6.07, 6.45) is 2.16. The van der Waals surface area contributed by atoms with Crippen LogP contribution in [-0.2, 0) is 6.54 Å². The highest BCUT2D eigenvalue weighted by Crippen LogP contribution is 2.28. The summed E-state index contributed by atoms with van der Waals surface area (Å²) in [4.78, 5) is 5.37. The van der Waals surface area contributed by atoms with Crippen molar-refractivity contribution in [1.29, 1.82) is 0 Å². The summed E-state index contributed by atoms with van der Waals surface area (Å²) >= 11 is 5.11. The number of aromatic nitrogens is 2. The molecule has 1 aromatic carbocycles. The number of hydrogen-bond donors (Lipinski definition) is 1. The topological polar surface area (TPSA) is 43.8 Å². The van der Waals surface area contributed by atoms with E-state index in [-0.39, 0.29) is 0 Å². The molecule has 3 nitrogen and oxygen atoms in total. The molecule has 0 saturated heterocycles. The Morgan fingerprint density at radius 3 is 2.40 bits per heavy atom. The van der Waals surface area contributed by atoms with Gasteiger partial charge in [0.25, 0.3) is 0 Å². The zero-order valence-corrected chi connectivity index (χ0v) is 13.5. The Hall–Kier alpha value is -1.42. The number of hydrogen-bond acceptors (Lipinski definition) is 2. The van der Waals surface area contributed by atoms with Gasteiger partial charge in [-0.2, -0.15) is 0 Å². The zero-order valence-electron chi connectivity index (χ0n) is 12.7. The second kappa shape index (κ2) is 5.92. The van der Waals surface area contributed by atoms with Crippen molar-refractivity contribution in [3.8, 4) is 0 Å². The maximum atomic E-state index is 5.78. The first-order valence-electron chi connectivity index (χ1n) is 7.23. The van der Waals surface area contributed by atoms with Gasteiger partial charge < -0.3 is 10.3 Å². The van der Waals surface area contributed by atoms with Gasteiger partial charge in [-0.15, -0.1) is 0 Å². The van der Waals surface area contributed by atoms with E-state index in [1.807, 2.05) is 0 Å². The average Bonchev–Trinajstić information content (AvgIpc) is 2.70. The van der Waals surface area contributed by atoms with Gasteiger partial charge in [0.1, 0.15) is 5.82 Å². The van der Waals surface area contributed by atoms with Crippen LogP contribution in [0.15, 0.2) is 12.1 Å². The normalized spacial score (nSPS) is 11.4. The molecule has 2 aromatic rings. The summed E-state index contributed by atoms with van der Waals surface area (Å²) in [7, 11) is 0. The minimum absolute atomic E-state index is 0.456. The Morgan fingerprint density at radius 2 is 1.85 bits per heavy atom. The van der Waals surface area contributed by atoms with E-state index in [0.29, 0.717) is 17.5 Å². The van der Waals surface area contributed by atoms with Crippen molar-refractivity contribution in [3.63, 3.8) is 0 Å². The largest absolute Gasteiger partial charge is 0.392 e. The SMILES string of the molecule is CCC(CC)c1nc2cc(C)c(C)cc2n1CC(N)=S. The fourth-order valence-electron chi connectivity index (χ4n) is 2.69. The Kier molecular flexibility index (Phi) is 4.43. The minimum atomic E-state index is 0.456. The number of fused-ring (bicyclic) bond motifs is 1. The van der Waals surface area contributed by atoms with E-state index in [9.17, 15) is 0 Å². The number of nitrogens with zero attached hydrogens (tertiary/aromatic N) is 2. The van der Waals surface area contributed by atoms with Gasteiger partial charge in [-0.05, 0) is 49.9 Å². The van der Waals surface area contributed by atoms with Crippen LogP contribution in [0.1, 0.15) is 49.6 Å². The highest BCUT2D eigenvalue weighted by atomic mass is 32.1. The summed E-state index contributed by atoms with van der Waals surface area (Å²) in [5.41, 5.74) is 10.5. The predicted molar refractivity (Wildman–Crippen MR) is 89.3 cm³/mol. The third-order valence-electron chi connectivity index (χ3n) is 4.06. The van der Waals surface area contributed by atoms with Gasteiger partial charge >= 0.3 is 0 Å². The van der Waals surface area contributed by atoms with E-state index in [0.717, 1.165) is 29.7 Å². The molecule has 0 bridgehead atoms. The molecule has 2 N–H and O–H groups in total. The molecule has 0 aliphatic rings. The summed E-state index contributed by atoms with van der Waals surface area (Å²) < 4.78 is 2.20. The van der Waals surface area contributed by atoms with Gasteiger partial charge in [0, 0.05) is 5.92 Å². The standard InChI is InChI=1S/C16H23N3S/c1-5-12(6-2)16-18-13-7-10(3)11(4)8-14(13)19(16)9-15(17)20/h7-8,12H,5-6,9H2,1-4H3,(H2,17,20). The second-order valence-electron chi connectivity index (χ2n) is 5.46. The van der Waals surface area contributed by atoms with E-state index >= 15 is 0 Å². The van der Waals surface area contributed by atoms with Gasteiger partial charge in [0.15, 0.2) is 0 Å². The van der Waals surface area contributed by atoms with E-state index in [2.05, 4.69) is 44.4 Å². The molecule has 4 heteroatoms. The van der Waals surface area contributed by atoms with Gasteiger partial charge in [-0.1, -0.05) is 26.1 Å². The fraction of sp³-hybridized carbons (Fsp3) is 0.500. The number of imidazole rings is 1. The predicted octanol–water partition coefficient (Wildman–Crippen LogP) is 3.84. The van der Waals surface area contributed by atoms with Crippen LogP contribution < -0.4 is 5.73 Å². The lowest BCUT2D eigenvalue weighted by molar-refractivity contribution is 0.576. The van der Waals surface area contributed by atoms with Crippen molar-refractivity contribution < 1.29 is 0 Å². The molecule has 2 rings (SSSR count). The van der Waals surface area contributed by atoms with Gasteiger partial charge in [-0.25, -0.2) is 4.98 Å². The molecule has 0 atom stereocenters. The lowest BCUT2D eigenvalue weighted by Gasteiger charge is -2.15. The lowest BCUT2D eigenvalue weighted by atomic mass is 10.0. The van der Waals surface area contributed by atoms with E-state index < -0.39 is 0 Å². The highest BCUT2D eigenvalue weighted by Gasteiger charge is 2.18. The molecule has 108 valence electrons. The maximum absolute atomic E-state index is 5.78. The van der Waals surface area contributed by atoms with Crippen molar-refractivity contribution in [2.75, 3.05) is 0 Å². The number of nitrogens with two attached hydrogens (primary N) is 1. The number of aryl methyl sites for hydroxylation is 2. The Labute approximate surface area is 126 Å². The van der Waals surface area contributed by atoms with Crippen LogP contribution in [0, 0.1) is 13.8 Å². The molecule has 0 unspecified atom stereocenters. The fourth-order valence-corrected chi connectivity index (χ4v) is 2.82. The smallest absolute Gasteiger partial charge is 0.113 e. The van der Waals surface area contributed by atoms with Gasteiger partial charge in [0.2, 0.25) is 0 Å². The number of thiocarbonyl (C=S) groups is 1. The Bertz CT molecular complexity index is 639. The molecule has 0 aliphatic heterocycles. The highest BCUT2D eigenvalue weighted by molar-refractivity contribution is 7.80. The Morgan fingerprint density at radius 1 is 1.25 bits per heavy atom. The third-order valence-corrected chi connectivity index (χ3v) is 4.19. The van der Waals surface area contributed by atoms with Crippen molar-refractivity contribution in [3.05, 3.63) is 29.1 Å². The molecule has 0 saturated carbocycles. The quantitative estimate of drug-likeness (QED) is 0.850. The molecule has 0 spiro atoms. The summed E-state index contributed by atoms with van der Waals surface area (Å²) in [6.45, 7) is 9.23. The molecular weight excluding hydrogens is 266 g/mol. The van der Waals surface area contributed by atoms with Crippen LogP contribution >= 0.6 is 12.2 Å². The third kappa shape index (κ3) is 2.70. The van der Waals surface area contributed by atoms with Crippen molar-refractivity contribution in [2.24, 2.45) is 5.73 Å². The number of rotatable bonds is 5. The molecule has 0 amide bonds. The van der Waals surface area contributed by atoms with E-state index in [1.54, 1.807) is 0 Å². The van der Waals surface area contributed by atoms with Crippen LogP contribution in [0.2, 0.25) is 0 Å². The molecule has 0 radical (unpaired) electrons. The maximum Gasteiger partial charge on any atom is 0.113 e. The second-order valence-corrected chi connectivity index (χ2v) is 5.99. The van der Waals surface area contributed by atoms with Gasteiger partial charge in [-0.3, -0.25) is 0 Å². The van der Waals surface area contributed by atoms with E-state index in [4.69, 9.17) is 22.9 Å². The zero-order chi connectivity index (χ0) is 14.9. The first-order chi connectivity index (χ1) is 9.47. The molecule has 1 aromatic heterocycles. The summed E-state index contributed by atoms with van der Waals surface area (Å²) in [5, 5.41) is 0. The number of benzene rings is 1. The summed E-state index contributed by atoms with van der Waals surface area (Å²) in [6, 6.07) is 4.36. The molecule has 20 heavy (non-hydrogen) atoms. The van der Waals surface area contributed by atoms with E-state index in [1.165, 1.54) is 11.1 Å². The van der Waals surface area contributed by atoms with Gasteiger partial charge in [0.05, 0.1) is 22.6 Å². The molecular formula is C16H23N3S. The van der Waals surface area contributed by atoms with Crippen molar-refractivity contribution in [1.82, 2.24) is 9.55 Å². The van der Waals surface area contributed by atoms with Crippen LogP contribution in [0.5, 0.6) is 0 Å². The first-order valence-corrected chi connectivity index (χ1v) is 7.64. The average molecular weight is 289 g/mol. The van der Waals surface area contributed by atoms with Crippen molar-refractivity contribution >= 4 is 28.2 Å². The van der Waals surface area contributed by atoms with Crippen LogP contribution in [0.3, 0.4) is 0 Å². The summed E-state index contributed by atoms with van der Waals surface area (Å²) in [5.74, 6) is 1.57. The van der Waals surface area contributed by atoms with Crippen LogP contribution in [0.25, 0.3) is 11.0 Å². The Balaban J connectivity index is 2.69. The van der Waals surface area contributed by atoms with Crippen molar-refractivity contribution in [2.45, 2.75) is 53.0 Å².